The zero-order valence-electron chi connectivity index (χ0n) is 8.51. The molecule has 1 aromatic carbocycles. The van der Waals surface area contributed by atoms with Crippen molar-refractivity contribution in [1.82, 2.24) is 0 Å². The summed E-state index contributed by atoms with van der Waals surface area (Å²) in [6.45, 7) is 1.89. The molecule has 1 nitrogen and oxygen atoms in total. The average Bonchev–Trinajstić information content (AvgIpc) is 2.68. The minimum absolute atomic E-state index is 0.0573. The Kier molecular flexibility index (Phi) is 3.50. The number of halogens is 3. The Labute approximate surface area is 110 Å². The molecule has 0 N–H and O–H groups in total. The summed E-state index contributed by atoms with van der Waals surface area (Å²) in [5.41, 5.74) is 0.947. The van der Waals surface area contributed by atoms with E-state index in [1.807, 2.05) is 19.1 Å². The van der Waals surface area contributed by atoms with E-state index < -0.39 is 0 Å². The van der Waals surface area contributed by atoms with Crippen LogP contribution < -0.4 is 0 Å². The van der Waals surface area contributed by atoms with E-state index in [4.69, 9.17) is 4.42 Å². The summed E-state index contributed by atoms with van der Waals surface area (Å²) in [7, 11) is 0. The molecule has 2 rings (SSSR count). The van der Waals surface area contributed by atoms with Crippen molar-refractivity contribution in [2.75, 3.05) is 0 Å². The summed E-state index contributed by atoms with van der Waals surface area (Å²) in [5, 5.41) is 0. The topological polar surface area (TPSA) is 13.1 Å². The molecule has 0 amide bonds. The lowest BCUT2D eigenvalue weighted by molar-refractivity contribution is 0.492. The highest BCUT2D eigenvalue weighted by atomic mass is 79.9. The summed E-state index contributed by atoms with van der Waals surface area (Å²) in [4.78, 5) is -0.0573. The van der Waals surface area contributed by atoms with Gasteiger partial charge in [-0.1, -0.05) is 22.0 Å². The molecule has 1 aromatic heterocycles. The smallest absolute Gasteiger partial charge is 0.137 e. The van der Waals surface area contributed by atoms with Crippen molar-refractivity contribution in [1.29, 1.82) is 0 Å². The number of hydrogen-bond acceptors (Lipinski definition) is 1. The second kappa shape index (κ2) is 4.72. The van der Waals surface area contributed by atoms with Gasteiger partial charge in [-0.05, 0) is 52.7 Å². The highest BCUT2D eigenvalue weighted by Gasteiger charge is 2.15. The molecule has 0 aliphatic carbocycles. The van der Waals surface area contributed by atoms with Crippen LogP contribution in [-0.2, 0) is 0 Å². The van der Waals surface area contributed by atoms with Gasteiger partial charge in [0.25, 0.3) is 0 Å². The molecule has 2 aromatic rings. The third kappa shape index (κ3) is 2.38. The minimum Gasteiger partial charge on any atom is -0.465 e. The third-order valence-corrected chi connectivity index (χ3v) is 3.83. The average molecular weight is 348 g/mol. The first kappa shape index (κ1) is 11.9. The van der Waals surface area contributed by atoms with E-state index >= 15 is 0 Å². The minimum atomic E-state index is -0.265. The molecule has 16 heavy (non-hydrogen) atoms. The lowest BCUT2D eigenvalue weighted by atomic mass is 10.1. The molecule has 4 heteroatoms. The predicted molar refractivity (Wildman–Crippen MR) is 68.3 cm³/mol. The van der Waals surface area contributed by atoms with Crippen LogP contribution in [0.2, 0.25) is 0 Å². The van der Waals surface area contributed by atoms with Gasteiger partial charge in [-0.2, -0.15) is 0 Å². The molecule has 0 aliphatic heterocycles. The van der Waals surface area contributed by atoms with E-state index in [0.29, 0.717) is 4.47 Å². The Morgan fingerprint density at radius 1 is 1.25 bits per heavy atom. The van der Waals surface area contributed by atoms with Crippen LogP contribution in [0.5, 0.6) is 0 Å². The van der Waals surface area contributed by atoms with Crippen molar-refractivity contribution in [2.45, 2.75) is 11.8 Å². The maximum atomic E-state index is 13.1. The summed E-state index contributed by atoms with van der Waals surface area (Å²) in [6, 6.07) is 8.72. The molecular weight excluding hydrogens is 339 g/mol. The maximum Gasteiger partial charge on any atom is 0.137 e. The van der Waals surface area contributed by atoms with Gasteiger partial charge in [0.1, 0.15) is 17.3 Å². The monoisotopic (exact) mass is 346 g/mol. The Morgan fingerprint density at radius 3 is 2.56 bits per heavy atom. The molecule has 1 heterocycles. The first-order chi connectivity index (χ1) is 7.58. The SMILES string of the molecule is Cc1ccc(C(Br)c2ccc(F)c(Br)c2)o1. The predicted octanol–water partition coefficient (Wildman–Crippen LogP) is 4.97. The Hall–Kier alpha value is -0.610. The molecule has 1 atom stereocenters. The van der Waals surface area contributed by atoms with Gasteiger partial charge in [-0.25, -0.2) is 4.39 Å². The van der Waals surface area contributed by atoms with Gasteiger partial charge >= 0.3 is 0 Å². The highest BCUT2D eigenvalue weighted by Crippen LogP contribution is 2.33. The normalized spacial score (nSPS) is 12.8. The van der Waals surface area contributed by atoms with Gasteiger partial charge in [0.05, 0.1) is 9.30 Å². The number of alkyl halides is 1. The molecule has 84 valence electrons. The van der Waals surface area contributed by atoms with Gasteiger partial charge in [-0.15, -0.1) is 0 Å². The van der Waals surface area contributed by atoms with E-state index in [2.05, 4.69) is 31.9 Å². The molecular formula is C12H9Br2FO. The maximum absolute atomic E-state index is 13.1. The lowest BCUT2D eigenvalue weighted by Crippen LogP contribution is -1.91. The van der Waals surface area contributed by atoms with Crippen LogP contribution in [-0.4, -0.2) is 0 Å². The van der Waals surface area contributed by atoms with Gasteiger partial charge in [0.2, 0.25) is 0 Å². The molecule has 1 unspecified atom stereocenters. The molecule has 0 radical (unpaired) electrons. The van der Waals surface area contributed by atoms with Gasteiger partial charge in [-0.3, -0.25) is 0 Å². The van der Waals surface area contributed by atoms with Crippen LogP contribution in [0.4, 0.5) is 4.39 Å². The van der Waals surface area contributed by atoms with Crippen molar-refractivity contribution in [3.63, 3.8) is 0 Å². The quantitative estimate of drug-likeness (QED) is 0.699. The number of benzene rings is 1. The fourth-order valence-electron chi connectivity index (χ4n) is 1.42. The summed E-state index contributed by atoms with van der Waals surface area (Å²) in [6.07, 6.45) is 0. The van der Waals surface area contributed by atoms with E-state index in [1.54, 1.807) is 12.1 Å². The van der Waals surface area contributed by atoms with Gasteiger partial charge in [0.15, 0.2) is 0 Å². The molecule has 0 aliphatic rings. The van der Waals surface area contributed by atoms with Crippen LogP contribution in [0.15, 0.2) is 39.2 Å². The highest BCUT2D eigenvalue weighted by molar-refractivity contribution is 9.10. The second-order valence-electron chi connectivity index (χ2n) is 3.48. The van der Waals surface area contributed by atoms with E-state index in [-0.39, 0.29) is 10.6 Å². The zero-order chi connectivity index (χ0) is 11.7. The fourth-order valence-corrected chi connectivity index (χ4v) is 2.35. The van der Waals surface area contributed by atoms with Crippen molar-refractivity contribution in [2.24, 2.45) is 0 Å². The zero-order valence-corrected chi connectivity index (χ0v) is 11.7. The standard InChI is InChI=1S/C12H9Br2FO/c1-7-2-5-11(16-7)12(14)8-3-4-10(15)9(13)6-8/h2-6,12H,1H3. The largest absolute Gasteiger partial charge is 0.465 e. The Bertz CT molecular complexity index is 507. The van der Waals surface area contributed by atoms with Crippen molar-refractivity contribution >= 4 is 31.9 Å². The van der Waals surface area contributed by atoms with Crippen LogP contribution in [0.25, 0.3) is 0 Å². The Balaban J connectivity index is 2.33. The molecule has 0 saturated heterocycles. The number of aryl methyl sites for hydroxylation is 1. The second-order valence-corrected chi connectivity index (χ2v) is 5.25. The molecule has 0 saturated carbocycles. The van der Waals surface area contributed by atoms with Crippen molar-refractivity contribution in [3.8, 4) is 0 Å². The van der Waals surface area contributed by atoms with Gasteiger partial charge in [0, 0.05) is 0 Å². The van der Waals surface area contributed by atoms with E-state index in [0.717, 1.165) is 17.1 Å². The molecule has 0 spiro atoms. The Morgan fingerprint density at radius 2 is 2.00 bits per heavy atom. The summed E-state index contributed by atoms with van der Waals surface area (Å²) in [5.74, 6) is 1.41. The van der Waals surface area contributed by atoms with Crippen LogP contribution in [0, 0.1) is 12.7 Å². The number of rotatable bonds is 2. The van der Waals surface area contributed by atoms with Crippen molar-refractivity contribution < 1.29 is 8.81 Å². The lowest BCUT2D eigenvalue weighted by Gasteiger charge is -2.08. The molecule has 0 fully saturated rings. The van der Waals surface area contributed by atoms with Crippen LogP contribution in [0.3, 0.4) is 0 Å². The first-order valence-corrected chi connectivity index (χ1v) is 6.44. The summed E-state index contributed by atoms with van der Waals surface area (Å²) < 4.78 is 19.1. The number of furan rings is 1. The number of hydrogen-bond donors (Lipinski definition) is 0. The fraction of sp³-hybridized carbons (Fsp3) is 0.167. The van der Waals surface area contributed by atoms with Crippen molar-refractivity contribution in [3.05, 3.63) is 57.7 Å². The first-order valence-electron chi connectivity index (χ1n) is 4.73. The molecule has 0 bridgehead atoms. The van der Waals surface area contributed by atoms with Crippen LogP contribution >= 0.6 is 31.9 Å². The van der Waals surface area contributed by atoms with Crippen LogP contribution in [0.1, 0.15) is 21.9 Å². The third-order valence-electron chi connectivity index (χ3n) is 2.25. The van der Waals surface area contributed by atoms with E-state index in [9.17, 15) is 4.39 Å². The van der Waals surface area contributed by atoms with Gasteiger partial charge < -0.3 is 4.42 Å². The summed E-state index contributed by atoms with van der Waals surface area (Å²) >= 11 is 6.69. The van der Waals surface area contributed by atoms with E-state index in [1.165, 1.54) is 6.07 Å².